The van der Waals surface area contributed by atoms with E-state index in [1.165, 1.54) is 5.56 Å². The van der Waals surface area contributed by atoms with E-state index in [2.05, 4.69) is 47.4 Å². The highest BCUT2D eigenvalue weighted by molar-refractivity contribution is 5.25. The minimum absolute atomic E-state index is 0.181. The normalized spacial score (nSPS) is 11.9. The van der Waals surface area contributed by atoms with E-state index >= 15 is 0 Å². The van der Waals surface area contributed by atoms with Crippen molar-refractivity contribution in [2.45, 2.75) is 53.0 Å². The molecule has 0 saturated carbocycles. The van der Waals surface area contributed by atoms with Crippen molar-refractivity contribution < 1.29 is 0 Å². The van der Waals surface area contributed by atoms with E-state index in [1.54, 1.807) is 0 Å². The fraction of sp³-hybridized carbons (Fsp3) is 0.562. The standard InChI is InChI=1S/C16H25N5/c1-12-9-15(20-13(2)19-12)21-11-14(10-18-21)7-6-8-17-16(3,4)5/h9-11,17H,6-8H2,1-5H3. The van der Waals surface area contributed by atoms with Crippen molar-refractivity contribution in [2.75, 3.05) is 6.54 Å². The Morgan fingerprint density at radius 3 is 2.62 bits per heavy atom. The van der Waals surface area contributed by atoms with Gasteiger partial charge >= 0.3 is 0 Å². The van der Waals surface area contributed by atoms with Gasteiger partial charge in [-0.15, -0.1) is 0 Å². The first kappa shape index (κ1) is 15.6. The quantitative estimate of drug-likeness (QED) is 0.859. The van der Waals surface area contributed by atoms with Crippen molar-refractivity contribution in [3.63, 3.8) is 0 Å². The van der Waals surface area contributed by atoms with E-state index in [1.807, 2.05) is 30.8 Å². The number of aromatic nitrogens is 4. The molecule has 21 heavy (non-hydrogen) atoms. The summed E-state index contributed by atoms with van der Waals surface area (Å²) in [5, 5.41) is 7.90. The molecule has 0 bridgehead atoms. The summed E-state index contributed by atoms with van der Waals surface area (Å²) in [6.45, 7) is 11.4. The van der Waals surface area contributed by atoms with Crippen molar-refractivity contribution >= 4 is 0 Å². The van der Waals surface area contributed by atoms with Gasteiger partial charge in [-0.25, -0.2) is 14.6 Å². The number of hydrogen-bond acceptors (Lipinski definition) is 4. The first-order chi connectivity index (χ1) is 9.83. The minimum Gasteiger partial charge on any atom is -0.312 e. The van der Waals surface area contributed by atoms with E-state index in [4.69, 9.17) is 0 Å². The highest BCUT2D eigenvalue weighted by atomic mass is 15.3. The maximum Gasteiger partial charge on any atom is 0.157 e. The molecule has 0 spiro atoms. The molecule has 5 nitrogen and oxygen atoms in total. The van der Waals surface area contributed by atoms with Gasteiger partial charge < -0.3 is 5.32 Å². The van der Waals surface area contributed by atoms with Gasteiger partial charge in [0.15, 0.2) is 5.82 Å². The van der Waals surface area contributed by atoms with Gasteiger partial charge in [0.1, 0.15) is 5.82 Å². The number of aryl methyl sites for hydroxylation is 3. The highest BCUT2D eigenvalue weighted by Gasteiger charge is 2.08. The first-order valence-electron chi connectivity index (χ1n) is 7.45. The first-order valence-corrected chi connectivity index (χ1v) is 7.45. The molecular formula is C16H25N5. The molecule has 0 fully saturated rings. The number of nitrogens with one attached hydrogen (secondary N) is 1. The Kier molecular flexibility index (Phi) is 4.73. The molecule has 1 N–H and O–H groups in total. The third-order valence-corrected chi connectivity index (χ3v) is 3.12. The Hall–Kier alpha value is -1.75. The van der Waals surface area contributed by atoms with Gasteiger partial charge in [0.05, 0.1) is 6.20 Å². The van der Waals surface area contributed by atoms with Gasteiger partial charge in [-0.05, 0) is 59.6 Å². The van der Waals surface area contributed by atoms with Crippen LogP contribution < -0.4 is 5.32 Å². The Labute approximate surface area is 126 Å². The zero-order valence-corrected chi connectivity index (χ0v) is 13.6. The molecule has 0 aliphatic rings. The third-order valence-electron chi connectivity index (χ3n) is 3.12. The van der Waals surface area contributed by atoms with Crippen LogP contribution in [-0.2, 0) is 6.42 Å². The van der Waals surface area contributed by atoms with Crippen LogP contribution in [0.15, 0.2) is 18.5 Å². The summed E-state index contributed by atoms with van der Waals surface area (Å²) in [6.07, 6.45) is 6.10. The summed E-state index contributed by atoms with van der Waals surface area (Å²) < 4.78 is 1.83. The van der Waals surface area contributed by atoms with Crippen LogP contribution in [0.1, 0.15) is 44.3 Å². The SMILES string of the molecule is Cc1cc(-n2cc(CCCNC(C)(C)C)cn2)nc(C)n1. The smallest absolute Gasteiger partial charge is 0.157 e. The van der Waals surface area contributed by atoms with Crippen LogP contribution in [0.5, 0.6) is 0 Å². The van der Waals surface area contributed by atoms with Gasteiger partial charge in [0.2, 0.25) is 0 Å². The van der Waals surface area contributed by atoms with Crippen molar-refractivity contribution in [1.29, 1.82) is 0 Å². The van der Waals surface area contributed by atoms with E-state index < -0.39 is 0 Å². The summed E-state index contributed by atoms with van der Waals surface area (Å²) in [5.41, 5.74) is 2.38. The Morgan fingerprint density at radius 1 is 1.19 bits per heavy atom. The van der Waals surface area contributed by atoms with E-state index in [0.717, 1.165) is 36.7 Å². The fourth-order valence-corrected chi connectivity index (χ4v) is 2.19. The Bertz CT molecular complexity index is 575. The van der Waals surface area contributed by atoms with Gasteiger partial charge in [0.25, 0.3) is 0 Å². The second-order valence-electron chi connectivity index (χ2n) is 6.49. The maximum absolute atomic E-state index is 4.42. The summed E-state index contributed by atoms with van der Waals surface area (Å²) in [5.74, 6) is 1.61. The lowest BCUT2D eigenvalue weighted by Crippen LogP contribution is -2.36. The molecule has 0 aromatic carbocycles. The monoisotopic (exact) mass is 287 g/mol. The molecule has 0 aliphatic carbocycles. The molecule has 114 valence electrons. The topological polar surface area (TPSA) is 55.6 Å². The van der Waals surface area contributed by atoms with Crippen LogP contribution in [-0.4, -0.2) is 31.8 Å². The van der Waals surface area contributed by atoms with Gasteiger partial charge in [-0.3, -0.25) is 0 Å². The molecule has 2 heterocycles. The Morgan fingerprint density at radius 2 is 1.95 bits per heavy atom. The molecule has 2 aromatic rings. The van der Waals surface area contributed by atoms with Crippen molar-refractivity contribution in [1.82, 2.24) is 25.1 Å². The molecule has 5 heteroatoms. The van der Waals surface area contributed by atoms with Crippen molar-refractivity contribution in [2.24, 2.45) is 0 Å². The predicted octanol–water partition coefficient (Wildman–Crippen LogP) is 2.60. The summed E-state index contributed by atoms with van der Waals surface area (Å²) in [7, 11) is 0. The summed E-state index contributed by atoms with van der Waals surface area (Å²) >= 11 is 0. The fourth-order valence-electron chi connectivity index (χ4n) is 2.19. The molecule has 0 saturated heterocycles. The van der Waals surface area contributed by atoms with Crippen LogP contribution >= 0.6 is 0 Å². The molecule has 0 amide bonds. The average Bonchev–Trinajstić information content (AvgIpc) is 2.81. The van der Waals surface area contributed by atoms with Crippen LogP contribution in [0.2, 0.25) is 0 Å². The Balaban J connectivity index is 1.95. The lowest BCUT2D eigenvalue weighted by molar-refractivity contribution is 0.422. The summed E-state index contributed by atoms with van der Waals surface area (Å²) in [4.78, 5) is 8.71. The molecule has 0 atom stereocenters. The number of hydrogen-bond donors (Lipinski definition) is 1. The molecule has 0 unspecified atom stereocenters. The van der Waals surface area contributed by atoms with Crippen LogP contribution in [0.4, 0.5) is 0 Å². The third kappa shape index (κ3) is 4.93. The van der Waals surface area contributed by atoms with Crippen LogP contribution in [0.25, 0.3) is 5.82 Å². The average molecular weight is 287 g/mol. The minimum atomic E-state index is 0.181. The van der Waals surface area contributed by atoms with Gasteiger partial charge in [-0.1, -0.05) is 0 Å². The second-order valence-corrected chi connectivity index (χ2v) is 6.49. The highest BCUT2D eigenvalue weighted by Crippen LogP contribution is 2.09. The number of rotatable bonds is 5. The maximum atomic E-state index is 4.42. The lowest BCUT2D eigenvalue weighted by atomic mass is 10.1. The van der Waals surface area contributed by atoms with Crippen LogP contribution in [0.3, 0.4) is 0 Å². The molecule has 2 aromatic heterocycles. The van der Waals surface area contributed by atoms with Crippen LogP contribution in [0, 0.1) is 13.8 Å². The molecule has 0 aliphatic heterocycles. The molecule has 0 radical (unpaired) electrons. The summed E-state index contributed by atoms with van der Waals surface area (Å²) in [6, 6.07) is 1.95. The predicted molar refractivity (Wildman–Crippen MR) is 84.7 cm³/mol. The zero-order valence-electron chi connectivity index (χ0n) is 13.6. The van der Waals surface area contributed by atoms with Gasteiger partial charge in [0, 0.05) is 23.5 Å². The second kappa shape index (κ2) is 6.35. The molecule has 2 rings (SSSR count). The van der Waals surface area contributed by atoms with E-state index in [9.17, 15) is 0 Å². The van der Waals surface area contributed by atoms with E-state index in [-0.39, 0.29) is 5.54 Å². The van der Waals surface area contributed by atoms with Gasteiger partial charge in [-0.2, -0.15) is 5.10 Å². The lowest BCUT2D eigenvalue weighted by Gasteiger charge is -2.20. The molecular weight excluding hydrogens is 262 g/mol. The number of nitrogens with zero attached hydrogens (tertiary/aromatic N) is 4. The van der Waals surface area contributed by atoms with E-state index in [0.29, 0.717) is 0 Å². The largest absolute Gasteiger partial charge is 0.312 e. The zero-order chi connectivity index (χ0) is 15.5. The van der Waals surface area contributed by atoms with Crippen molar-refractivity contribution in [3.8, 4) is 5.82 Å². The van der Waals surface area contributed by atoms with Crippen molar-refractivity contribution in [3.05, 3.63) is 35.5 Å².